The van der Waals surface area contributed by atoms with Crippen molar-refractivity contribution in [3.63, 3.8) is 0 Å². The van der Waals surface area contributed by atoms with Crippen LogP contribution in [0.4, 0.5) is 16.2 Å². The molecular weight excluding hydrogens is 408 g/mol. The molecule has 2 heterocycles. The van der Waals surface area contributed by atoms with Crippen molar-refractivity contribution in [3.8, 4) is 0 Å². The molecule has 0 unspecified atom stereocenters. The number of piperidine rings is 2. The third-order valence-corrected chi connectivity index (χ3v) is 5.99. The van der Waals surface area contributed by atoms with Gasteiger partial charge in [-0.05, 0) is 77.0 Å². The minimum absolute atomic E-state index is 0.0828. The average molecular weight is 445 g/mol. The first-order chi connectivity index (χ1) is 15.1. The zero-order valence-corrected chi connectivity index (χ0v) is 19.5. The maximum absolute atomic E-state index is 12.8. The summed E-state index contributed by atoms with van der Waals surface area (Å²) in [6, 6.07) is 5.27. The summed E-state index contributed by atoms with van der Waals surface area (Å²) in [6.45, 7) is 8.60. The minimum atomic E-state index is -0.515. The molecule has 176 valence electrons. The molecule has 1 aromatic carbocycles. The van der Waals surface area contributed by atoms with Gasteiger partial charge in [0, 0.05) is 38.2 Å². The number of likely N-dealkylation sites (tertiary alicyclic amines) is 1. The van der Waals surface area contributed by atoms with E-state index in [-0.39, 0.29) is 17.9 Å². The van der Waals surface area contributed by atoms with Crippen LogP contribution in [0.25, 0.3) is 0 Å². The van der Waals surface area contributed by atoms with Crippen molar-refractivity contribution in [2.45, 2.75) is 64.9 Å². The molecule has 0 aromatic heterocycles. The van der Waals surface area contributed by atoms with Crippen molar-refractivity contribution in [2.75, 3.05) is 36.4 Å². The van der Waals surface area contributed by atoms with Gasteiger partial charge in [0.2, 0.25) is 11.8 Å². The van der Waals surface area contributed by atoms with Gasteiger partial charge in [-0.1, -0.05) is 0 Å². The molecule has 0 aliphatic carbocycles. The van der Waals surface area contributed by atoms with Crippen LogP contribution >= 0.6 is 0 Å². The molecule has 0 atom stereocenters. The molecule has 3 rings (SSSR count). The average Bonchev–Trinajstić information content (AvgIpc) is 2.73. The number of rotatable bonds is 5. The fourth-order valence-corrected chi connectivity index (χ4v) is 4.31. The molecule has 8 nitrogen and oxygen atoms in total. The molecule has 3 amide bonds. The lowest BCUT2D eigenvalue weighted by Crippen LogP contribution is -2.42. The Morgan fingerprint density at radius 1 is 1.06 bits per heavy atom. The van der Waals surface area contributed by atoms with Gasteiger partial charge in [0.15, 0.2) is 0 Å². The van der Waals surface area contributed by atoms with Gasteiger partial charge in [0.05, 0.1) is 11.4 Å². The Morgan fingerprint density at radius 3 is 2.31 bits per heavy atom. The highest BCUT2D eigenvalue weighted by Gasteiger charge is 2.28. The van der Waals surface area contributed by atoms with Crippen LogP contribution in [-0.4, -0.2) is 54.6 Å². The number of ether oxygens (including phenoxy) is 1. The van der Waals surface area contributed by atoms with Crippen molar-refractivity contribution >= 4 is 29.3 Å². The Morgan fingerprint density at radius 2 is 1.72 bits per heavy atom. The van der Waals surface area contributed by atoms with Gasteiger partial charge in [-0.15, -0.1) is 0 Å². The second-order valence-corrected chi connectivity index (χ2v) is 9.81. The maximum atomic E-state index is 12.8. The molecule has 32 heavy (non-hydrogen) atoms. The summed E-state index contributed by atoms with van der Waals surface area (Å²) in [5, 5.41) is 3.02. The summed E-state index contributed by atoms with van der Waals surface area (Å²) in [5.74, 6) is -0.396. The number of carbonyl (C=O) groups is 3. The zero-order valence-electron chi connectivity index (χ0n) is 19.5. The van der Waals surface area contributed by atoms with Crippen LogP contribution in [0, 0.1) is 5.92 Å². The second kappa shape index (κ2) is 10.2. The number of anilines is 2. The lowest BCUT2D eigenvalue weighted by atomic mass is 9.93. The van der Waals surface area contributed by atoms with E-state index in [1.807, 2.05) is 26.8 Å². The van der Waals surface area contributed by atoms with E-state index < -0.39 is 11.5 Å². The summed E-state index contributed by atoms with van der Waals surface area (Å²) in [6.07, 6.45) is 5.03. The Hall–Kier alpha value is -2.77. The summed E-state index contributed by atoms with van der Waals surface area (Å²) in [5.41, 5.74) is 6.90. The fourth-order valence-electron chi connectivity index (χ4n) is 4.31. The van der Waals surface area contributed by atoms with Crippen LogP contribution in [-0.2, 0) is 9.53 Å². The van der Waals surface area contributed by atoms with E-state index in [0.717, 1.165) is 44.5 Å². The molecule has 0 bridgehead atoms. The first-order valence-corrected chi connectivity index (χ1v) is 11.6. The van der Waals surface area contributed by atoms with Crippen LogP contribution in [0.15, 0.2) is 18.2 Å². The molecular formula is C24H36N4O4. The second-order valence-electron chi connectivity index (χ2n) is 9.81. The molecule has 3 N–H and O–H groups in total. The number of carbonyl (C=O) groups excluding carboxylic acids is 3. The van der Waals surface area contributed by atoms with Gasteiger partial charge in [-0.25, -0.2) is 4.79 Å². The molecule has 0 radical (unpaired) electrons. The zero-order chi connectivity index (χ0) is 23.3. The lowest BCUT2D eigenvalue weighted by molar-refractivity contribution is -0.117. The van der Waals surface area contributed by atoms with E-state index in [0.29, 0.717) is 30.8 Å². The molecule has 2 fully saturated rings. The number of benzene rings is 1. The highest BCUT2D eigenvalue weighted by Crippen LogP contribution is 2.31. The normalized spacial score (nSPS) is 17.7. The summed E-state index contributed by atoms with van der Waals surface area (Å²) in [4.78, 5) is 40.7. The summed E-state index contributed by atoms with van der Waals surface area (Å²) < 4.78 is 5.44. The number of primary amides is 1. The number of nitrogens with zero attached hydrogens (tertiary/aromatic N) is 2. The van der Waals surface area contributed by atoms with Gasteiger partial charge in [0.25, 0.3) is 0 Å². The molecule has 2 saturated heterocycles. The van der Waals surface area contributed by atoms with Crippen LogP contribution in [0.3, 0.4) is 0 Å². The van der Waals surface area contributed by atoms with Crippen molar-refractivity contribution < 1.29 is 19.1 Å². The van der Waals surface area contributed by atoms with Crippen LogP contribution in [0.2, 0.25) is 0 Å². The van der Waals surface area contributed by atoms with Gasteiger partial charge < -0.3 is 25.6 Å². The van der Waals surface area contributed by atoms with Crippen LogP contribution in [0.1, 0.15) is 69.7 Å². The monoisotopic (exact) mass is 444 g/mol. The van der Waals surface area contributed by atoms with Crippen LogP contribution < -0.4 is 16.0 Å². The predicted molar refractivity (Wildman–Crippen MR) is 125 cm³/mol. The standard InChI is InChI=1S/C24H36N4O4/c1-24(2,3)32-23(31)28-13-9-17(10-14-28)15-21(29)26-19-16-18(22(25)30)7-8-20(19)27-11-5-4-6-12-27/h7-8,16-17H,4-6,9-15H2,1-3H3,(H2,25,30)(H,26,29). The number of nitrogens with two attached hydrogens (primary N) is 1. The Kier molecular flexibility index (Phi) is 7.64. The molecule has 1 aromatic rings. The SMILES string of the molecule is CC(C)(C)OC(=O)N1CCC(CC(=O)Nc2cc(C(N)=O)ccc2N2CCCCC2)CC1. The molecule has 0 saturated carbocycles. The van der Waals surface area contributed by atoms with Crippen molar-refractivity contribution in [1.82, 2.24) is 4.90 Å². The summed E-state index contributed by atoms with van der Waals surface area (Å²) >= 11 is 0. The van der Waals surface area contributed by atoms with Crippen molar-refractivity contribution in [2.24, 2.45) is 11.7 Å². The first kappa shape index (κ1) is 23.9. The van der Waals surface area contributed by atoms with Gasteiger partial charge in [-0.2, -0.15) is 0 Å². The molecule has 2 aliphatic heterocycles. The molecule has 8 heteroatoms. The highest BCUT2D eigenvalue weighted by molar-refractivity contribution is 5.99. The number of hydrogen-bond donors (Lipinski definition) is 2. The quantitative estimate of drug-likeness (QED) is 0.720. The van der Waals surface area contributed by atoms with Gasteiger partial charge >= 0.3 is 6.09 Å². The Bertz CT molecular complexity index is 835. The van der Waals surface area contributed by atoms with E-state index in [1.54, 1.807) is 17.0 Å². The molecule has 2 aliphatic rings. The van der Waals surface area contributed by atoms with E-state index in [4.69, 9.17) is 10.5 Å². The van der Waals surface area contributed by atoms with E-state index in [2.05, 4.69) is 10.2 Å². The Balaban J connectivity index is 1.59. The maximum Gasteiger partial charge on any atom is 0.410 e. The van der Waals surface area contributed by atoms with Gasteiger partial charge in [-0.3, -0.25) is 9.59 Å². The van der Waals surface area contributed by atoms with Gasteiger partial charge in [0.1, 0.15) is 5.60 Å². The number of nitrogens with one attached hydrogen (secondary N) is 1. The largest absolute Gasteiger partial charge is 0.444 e. The van der Waals surface area contributed by atoms with Crippen LogP contribution in [0.5, 0.6) is 0 Å². The third kappa shape index (κ3) is 6.61. The van der Waals surface area contributed by atoms with E-state index >= 15 is 0 Å². The third-order valence-electron chi connectivity index (χ3n) is 5.99. The van der Waals surface area contributed by atoms with Crippen molar-refractivity contribution in [3.05, 3.63) is 23.8 Å². The predicted octanol–water partition coefficient (Wildman–Crippen LogP) is 3.75. The molecule has 0 spiro atoms. The smallest absolute Gasteiger partial charge is 0.410 e. The van der Waals surface area contributed by atoms with E-state index in [9.17, 15) is 14.4 Å². The number of amides is 3. The number of hydrogen-bond acceptors (Lipinski definition) is 5. The minimum Gasteiger partial charge on any atom is -0.444 e. The topological polar surface area (TPSA) is 105 Å². The Labute approximate surface area is 190 Å². The highest BCUT2D eigenvalue weighted by atomic mass is 16.6. The van der Waals surface area contributed by atoms with E-state index in [1.165, 1.54) is 6.42 Å². The van der Waals surface area contributed by atoms with Crippen molar-refractivity contribution in [1.29, 1.82) is 0 Å². The fraction of sp³-hybridized carbons (Fsp3) is 0.625. The lowest BCUT2D eigenvalue weighted by Gasteiger charge is -2.33. The first-order valence-electron chi connectivity index (χ1n) is 11.6. The summed E-state index contributed by atoms with van der Waals surface area (Å²) in [7, 11) is 0.